The van der Waals surface area contributed by atoms with Gasteiger partial charge in [-0.25, -0.2) is 0 Å². The van der Waals surface area contributed by atoms with Crippen molar-refractivity contribution in [1.29, 1.82) is 0 Å². The van der Waals surface area contributed by atoms with Crippen molar-refractivity contribution in [3.63, 3.8) is 0 Å². The van der Waals surface area contributed by atoms with Crippen LogP contribution in [0.25, 0.3) is 16.6 Å². The number of carbonyl (C=O) groups excluding carboxylic acids is 1. The van der Waals surface area contributed by atoms with Crippen molar-refractivity contribution in [2.75, 3.05) is 12.4 Å². The van der Waals surface area contributed by atoms with Gasteiger partial charge in [-0.2, -0.15) is 0 Å². The van der Waals surface area contributed by atoms with Crippen LogP contribution in [0.4, 0.5) is 5.13 Å². The number of benzene rings is 2. The molecular weight excluding hydrogens is 322 g/mol. The van der Waals surface area contributed by atoms with E-state index in [0.717, 1.165) is 16.9 Å². The van der Waals surface area contributed by atoms with Crippen molar-refractivity contribution in [1.82, 2.24) is 10.2 Å². The van der Waals surface area contributed by atoms with Gasteiger partial charge in [-0.15, -0.1) is 10.2 Å². The first-order valence-corrected chi connectivity index (χ1v) is 8.09. The highest BCUT2D eigenvalue weighted by atomic mass is 32.1. The van der Waals surface area contributed by atoms with Gasteiger partial charge in [0.2, 0.25) is 11.0 Å². The fourth-order valence-electron chi connectivity index (χ4n) is 2.09. The summed E-state index contributed by atoms with van der Waals surface area (Å²) < 4.78 is 5.32. The van der Waals surface area contributed by atoms with Crippen LogP contribution in [0.1, 0.15) is 5.56 Å². The lowest BCUT2D eigenvalue weighted by Gasteiger charge is -2.03. The van der Waals surface area contributed by atoms with Gasteiger partial charge in [-0.3, -0.25) is 10.1 Å². The number of rotatable bonds is 5. The van der Waals surface area contributed by atoms with Crippen molar-refractivity contribution < 1.29 is 9.53 Å². The largest absolute Gasteiger partial charge is 0.496 e. The lowest BCUT2D eigenvalue weighted by atomic mass is 10.2. The predicted molar refractivity (Wildman–Crippen MR) is 96.0 cm³/mol. The van der Waals surface area contributed by atoms with Crippen LogP contribution in [-0.2, 0) is 4.79 Å². The fraction of sp³-hybridized carbons (Fsp3) is 0.0556. The van der Waals surface area contributed by atoms with Crippen LogP contribution in [-0.4, -0.2) is 23.2 Å². The zero-order chi connectivity index (χ0) is 16.8. The summed E-state index contributed by atoms with van der Waals surface area (Å²) in [6, 6.07) is 17.2. The third-order valence-corrected chi connectivity index (χ3v) is 4.09. The average molecular weight is 337 g/mol. The van der Waals surface area contributed by atoms with Gasteiger partial charge in [-0.1, -0.05) is 53.8 Å². The normalized spacial score (nSPS) is 10.7. The number of para-hydroxylation sites is 1. The van der Waals surface area contributed by atoms with E-state index in [9.17, 15) is 4.79 Å². The highest BCUT2D eigenvalue weighted by Gasteiger charge is 2.12. The Kier molecular flexibility index (Phi) is 4.98. The molecule has 1 heterocycles. The molecule has 0 radical (unpaired) electrons. The van der Waals surface area contributed by atoms with Crippen LogP contribution in [0.5, 0.6) is 5.75 Å². The number of aromatic nitrogens is 2. The Morgan fingerprint density at radius 1 is 1.08 bits per heavy atom. The standard InChI is InChI=1S/C18H15N3O2S/c1-23-15-10-6-5-9-14(15)17-20-21-18(24-17)19-16(22)12-11-13-7-3-2-4-8-13/h2-12H,1H3,(H,19,21,22). The van der Waals surface area contributed by atoms with E-state index in [4.69, 9.17) is 4.74 Å². The highest BCUT2D eigenvalue weighted by molar-refractivity contribution is 7.18. The van der Waals surface area contributed by atoms with Gasteiger partial charge < -0.3 is 4.74 Å². The molecule has 0 saturated carbocycles. The van der Waals surface area contributed by atoms with Crippen molar-refractivity contribution in [3.8, 4) is 16.3 Å². The fourth-order valence-corrected chi connectivity index (χ4v) is 2.86. The van der Waals surface area contributed by atoms with Gasteiger partial charge in [0.25, 0.3) is 0 Å². The van der Waals surface area contributed by atoms with Crippen LogP contribution in [0.3, 0.4) is 0 Å². The molecule has 3 rings (SSSR count). The van der Waals surface area contributed by atoms with Crippen LogP contribution in [0.15, 0.2) is 60.7 Å². The van der Waals surface area contributed by atoms with E-state index in [2.05, 4.69) is 15.5 Å². The molecular formula is C18H15N3O2S. The molecule has 0 atom stereocenters. The molecule has 0 bridgehead atoms. The van der Waals surface area contributed by atoms with E-state index in [1.54, 1.807) is 13.2 Å². The van der Waals surface area contributed by atoms with E-state index in [-0.39, 0.29) is 5.91 Å². The lowest BCUT2D eigenvalue weighted by Crippen LogP contribution is -2.07. The Hall–Kier alpha value is -2.99. The first-order chi connectivity index (χ1) is 11.8. The van der Waals surface area contributed by atoms with Gasteiger partial charge in [0.15, 0.2) is 5.01 Å². The van der Waals surface area contributed by atoms with E-state index in [1.165, 1.54) is 17.4 Å². The van der Waals surface area contributed by atoms with Crippen LogP contribution >= 0.6 is 11.3 Å². The zero-order valence-corrected chi connectivity index (χ0v) is 13.8. The van der Waals surface area contributed by atoms with Crippen molar-refractivity contribution in [3.05, 3.63) is 66.2 Å². The first-order valence-electron chi connectivity index (χ1n) is 7.27. The van der Waals surface area contributed by atoms with Crippen LogP contribution < -0.4 is 10.1 Å². The van der Waals surface area contributed by atoms with E-state index in [1.807, 2.05) is 54.6 Å². The molecule has 0 unspecified atom stereocenters. The molecule has 0 aliphatic rings. The van der Waals surface area contributed by atoms with Gasteiger partial charge in [-0.05, 0) is 23.8 Å². The van der Waals surface area contributed by atoms with Crippen molar-refractivity contribution >= 4 is 28.5 Å². The van der Waals surface area contributed by atoms with Gasteiger partial charge in [0.05, 0.1) is 12.7 Å². The van der Waals surface area contributed by atoms with Crippen LogP contribution in [0, 0.1) is 0 Å². The third kappa shape index (κ3) is 3.85. The summed E-state index contributed by atoms with van der Waals surface area (Å²) in [6.07, 6.45) is 3.22. The number of hydrogen-bond acceptors (Lipinski definition) is 5. The molecule has 2 aromatic carbocycles. The Bertz CT molecular complexity index is 859. The summed E-state index contributed by atoms with van der Waals surface area (Å²) >= 11 is 1.30. The summed E-state index contributed by atoms with van der Waals surface area (Å²) in [6.45, 7) is 0. The predicted octanol–water partition coefficient (Wildman–Crippen LogP) is 3.87. The molecule has 120 valence electrons. The second-order valence-electron chi connectivity index (χ2n) is 4.85. The maximum absolute atomic E-state index is 12.0. The number of anilines is 1. The molecule has 1 N–H and O–H groups in total. The Labute approximate surface area is 143 Å². The molecule has 0 aliphatic heterocycles. The minimum absolute atomic E-state index is 0.249. The lowest BCUT2D eigenvalue weighted by molar-refractivity contribution is -0.111. The monoisotopic (exact) mass is 337 g/mol. The van der Waals surface area contributed by atoms with Crippen molar-refractivity contribution in [2.45, 2.75) is 0 Å². The summed E-state index contributed by atoms with van der Waals surface area (Å²) in [5.41, 5.74) is 1.80. The highest BCUT2D eigenvalue weighted by Crippen LogP contribution is 2.33. The average Bonchev–Trinajstić information content (AvgIpc) is 3.09. The molecule has 0 aliphatic carbocycles. The number of hydrogen-bond donors (Lipinski definition) is 1. The molecule has 0 spiro atoms. The number of amides is 1. The first kappa shape index (κ1) is 15.9. The summed E-state index contributed by atoms with van der Waals surface area (Å²) in [7, 11) is 1.61. The van der Waals surface area contributed by atoms with Crippen molar-refractivity contribution in [2.24, 2.45) is 0 Å². The summed E-state index contributed by atoms with van der Waals surface area (Å²) in [5, 5.41) is 12.0. The molecule has 24 heavy (non-hydrogen) atoms. The summed E-state index contributed by atoms with van der Waals surface area (Å²) in [4.78, 5) is 12.0. The molecule has 3 aromatic rings. The minimum atomic E-state index is -0.249. The SMILES string of the molecule is COc1ccccc1-c1nnc(NC(=O)C=Cc2ccccc2)s1. The van der Waals surface area contributed by atoms with Gasteiger partial charge in [0, 0.05) is 6.08 Å². The number of nitrogens with zero attached hydrogens (tertiary/aromatic N) is 2. The smallest absolute Gasteiger partial charge is 0.250 e. The topological polar surface area (TPSA) is 64.1 Å². The number of nitrogens with one attached hydrogen (secondary N) is 1. The molecule has 5 nitrogen and oxygen atoms in total. The molecule has 0 saturated heterocycles. The number of carbonyl (C=O) groups is 1. The number of ether oxygens (including phenoxy) is 1. The summed E-state index contributed by atoms with van der Waals surface area (Å²) in [5.74, 6) is 0.470. The number of methoxy groups -OCH3 is 1. The van der Waals surface area contributed by atoms with E-state index >= 15 is 0 Å². The quantitative estimate of drug-likeness (QED) is 0.718. The van der Waals surface area contributed by atoms with Crippen LogP contribution in [0.2, 0.25) is 0 Å². The van der Waals surface area contributed by atoms with E-state index < -0.39 is 0 Å². The maximum Gasteiger partial charge on any atom is 0.250 e. The molecule has 1 aromatic heterocycles. The Morgan fingerprint density at radius 3 is 2.62 bits per heavy atom. The molecule has 6 heteroatoms. The molecule has 0 fully saturated rings. The van der Waals surface area contributed by atoms with Gasteiger partial charge >= 0.3 is 0 Å². The van der Waals surface area contributed by atoms with Gasteiger partial charge in [0.1, 0.15) is 5.75 Å². The third-order valence-electron chi connectivity index (χ3n) is 3.22. The molecule has 1 amide bonds. The second-order valence-corrected chi connectivity index (χ2v) is 5.82. The maximum atomic E-state index is 12.0. The Balaban J connectivity index is 1.70. The minimum Gasteiger partial charge on any atom is -0.496 e. The van der Waals surface area contributed by atoms with E-state index in [0.29, 0.717) is 10.1 Å². The second kappa shape index (κ2) is 7.52. The Morgan fingerprint density at radius 2 is 1.83 bits per heavy atom. The zero-order valence-electron chi connectivity index (χ0n) is 13.0.